The van der Waals surface area contributed by atoms with Gasteiger partial charge in [0.1, 0.15) is 17.2 Å². The molecule has 0 heterocycles. The summed E-state index contributed by atoms with van der Waals surface area (Å²) in [4.78, 5) is 12.4. The van der Waals surface area contributed by atoms with Crippen LogP contribution in [0.25, 0.3) is 11.1 Å². The van der Waals surface area contributed by atoms with Gasteiger partial charge in [-0.25, -0.2) is 4.79 Å². The van der Waals surface area contributed by atoms with Crippen LogP contribution in [-0.4, -0.2) is 20.2 Å². The van der Waals surface area contributed by atoms with Gasteiger partial charge in [-0.1, -0.05) is 24.3 Å². The van der Waals surface area contributed by atoms with Crippen LogP contribution in [0.15, 0.2) is 66.7 Å². The van der Waals surface area contributed by atoms with Crippen LogP contribution in [-0.2, 0) is 0 Å². The van der Waals surface area contributed by atoms with E-state index >= 15 is 0 Å². The lowest BCUT2D eigenvalue weighted by atomic mass is 10.0. The largest absolute Gasteiger partial charge is 0.497 e. The van der Waals surface area contributed by atoms with Crippen molar-refractivity contribution in [3.8, 4) is 34.4 Å². The van der Waals surface area contributed by atoms with Crippen molar-refractivity contribution in [3.05, 3.63) is 77.9 Å². The zero-order valence-electron chi connectivity index (χ0n) is 14.9. The van der Waals surface area contributed by atoms with E-state index in [1.807, 2.05) is 24.3 Å². The van der Waals surface area contributed by atoms with Crippen molar-refractivity contribution in [3.63, 3.8) is 0 Å². The van der Waals surface area contributed by atoms with Gasteiger partial charge in [0.15, 0.2) is 0 Å². The van der Waals surface area contributed by atoms with Gasteiger partial charge in [0, 0.05) is 6.07 Å². The van der Waals surface area contributed by atoms with Gasteiger partial charge in [-0.05, 0) is 47.5 Å². The summed E-state index contributed by atoms with van der Waals surface area (Å²) in [7, 11) is 3.04. The molecule has 0 aromatic heterocycles. The average Bonchev–Trinajstić information content (AvgIpc) is 2.74. The lowest BCUT2D eigenvalue weighted by Gasteiger charge is -2.09. The molecule has 0 radical (unpaired) electrons. The SMILES string of the molecule is COc1cc(OC)cc(C(=O)Oc2ccc(-c3ccc(C#N)cc3)cc2)c1. The van der Waals surface area contributed by atoms with E-state index in [1.54, 1.807) is 42.5 Å². The van der Waals surface area contributed by atoms with E-state index in [0.717, 1.165) is 11.1 Å². The second-order valence-electron chi connectivity index (χ2n) is 5.70. The molecule has 0 spiro atoms. The third kappa shape index (κ3) is 4.25. The topological polar surface area (TPSA) is 68.6 Å². The van der Waals surface area contributed by atoms with E-state index in [9.17, 15) is 4.79 Å². The second-order valence-corrected chi connectivity index (χ2v) is 5.70. The lowest BCUT2D eigenvalue weighted by Crippen LogP contribution is -2.09. The van der Waals surface area contributed by atoms with E-state index in [1.165, 1.54) is 14.2 Å². The van der Waals surface area contributed by atoms with Crippen molar-refractivity contribution in [2.45, 2.75) is 0 Å². The summed E-state index contributed by atoms with van der Waals surface area (Å²) in [6.07, 6.45) is 0. The van der Waals surface area contributed by atoms with Crippen LogP contribution in [0.5, 0.6) is 17.2 Å². The van der Waals surface area contributed by atoms with Crippen molar-refractivity contribution in [1.82, 2.24) is 0 Å². The molecule has 134 valence electrons. The minimum Gasteiger partial charge on any atom is -0.497 e. The first-order chi connectivity index (χ1) is 13.1. The number of hydrogen-bond acceptors (Lipinski definition) is 5. The number of carbonyl (C=O) groups excluding carboxylic acids is 1. The maximum Gasteiger partial charge on any atom is 0.343 e. The van der Waals surface area contributed by atoms with Crippen LogP contribution in [0.3, 0.4) is 0 Å². The van der Waals surface area contributed by atoms with Crippen LogP contribution in [0.1, 0.15) is 15.9 Å². The molecule has 0 fully saturated rings. The van der Waals surface area contributed by atoms with Crippen molar-refractivity contribution in [2.75, 3.05) is 14.2 Å². The fraction of sp³-hybridized carbons (Fsp3) is 0.0909. The fourth-order valence-electron chi connectivity index (χ4n) is 2.54. The molecule has 0 unspecified atom stereocenters. The molecule has 5 heteroatoms. The number of nitrogens with zero attached hydrogens (tertiary/aromatic N) is 1. The summed E-state index contributed by atoms with van der Waals surface area (Å²) in [5.41, 5.74) is 2.88. The minimum absolute atomic E-state index is 0.336. The van der Waals surface area contributed by atoms with E-state index in [-0.39, 0.29) is 0 Å². The summed E-state index contributed by atoms with van der Waals surface area (Å²) in [5, 5.41) is 8.87. The number of methoxy groups -OCH3 is 2. The van der Waals surface area contributed by atoms with Gasteiger partial charge in [0.05, 0.1) is 31.4 Å². The Morgan fingerprint density at radius 1 is 0.778 bits per heavy atom. The Labute approximate surface area is 157 Å². The molecule has 0 aliphatic rings. The summed E-state index contributed by atoms with van der Waals surface area (Å²) >= 11 is 0. The van der Waals surface area contributed by atoms with Gasteiger partial charge in [-0.2, -0.15) is 5.26 Å². The summed E-state index contributed by atoms with van der Waals surface area (Å²) < 4.78 is 15.8. The van der Waals surface area contributed by atoms with Crippen LogP contribution >= 0.6 is 0 Å². The number of ether oxygens (including phenoxy) is 3. The quantitative estimate of drug-likeness (QED) is 0.497. The Hall–Kier alpha value is -3.78. The molecule has 0 amide bonds. The number of carbonyl (C=O) groups is 1. The molecule has 5 nitrogen and oxygen atoms in total. The third-order valence-electron chi connectivity index (χ3n) is 4.00. The lowest BCUT2D eigenvalue weighted by molar-refractivity contribution is 0.0734. The Balaban J connectivity index is 1.76. The molecule has 3 aromatic carbocycles. The first-order valence-corrected chi connectivity index (χ1v) is 8.19. The van der Waals surface area contributed by atoms with Crippen molar-refractivity contribution >= 4 is 5.97 Å². The minimum atomic E-state index is -0.502. The maximum absolute atomic E-state index is 12.4. The number of benzene rings is 3. The van der Waals surface area contributed by atoms with Crippen molar-refractivity contribution in [2.24, 2.45) is 0 Å². The zero-order valence-corrected chi connectivity index (χ0v) is 14.9. The number of nitriles is 1. The Bertz CT molecular complexity index is 964. The second kappa shape index (κ2) is 8.07. The fourth-order valence-corrected chi connectivity index (χ4v) is 2.54. The third-order valence-corrected chi connectivity index (χ3v) is 4.00. The summed E-state index contributed by atoms with van der Waals surface area (Å²) in [5.74, 6) is 0.951. The highest BCUT2D eigenvalue weighted by atomic mass is 16.5. The summed E-state index contributed by atoms with van der Waals surface area (Å²) in [6, 6.07) is 21.4. The first kappa shape index (κ1) is 18.0. The van der Waals surface area contributed by atoms with Crippen LogP contribution in [0.4, 0.5) is 0 Å². The highest BCUT2D eigenvalue weighted by Gasteiger charge is 2.12. The van der Waals surface area contributed by atoms with Gasteiger partial charge in [-0.3, -0.25) is 0 Å². The van der Waals surface area contributed by atoms with Crippen molar-refractivity contribution < 1.29 is 19.0 Å². The average molecular weight is 359 g/mol. The smallest absolute Gasteiger partial charge is 0.343 e. The Kier molecular flexibility index (Phi) is 5.38. The molecule has 0 atom stereocenters. The number of rotatable bonds is 5. The molecule has 27 heavy (non-hydrogen) atoms. The van der Waals surface area contributed by atoms with Crippen LogP contribution in [0.2, 0.25) is 0 Å². The monoisotopic (exact) mass is 359 g/mol. The van der Waals surface area contributed by atoms with Crippen molar-refractivity contribution in [1.29, 1.82) is 5.26 Å². The van der Waals surface area contributed by atoms with Gasteiger partial charge in [-0.15, -0.1) is 0 Å². The highest BCUT2D eigenvalue weighted by Crippen LogP contribution is 2.25. The highest BCUT2D eigenvalue weighted by molar-refractivity contribution is 5.92. The molecule has 0 saturated heterocycles. The predicted molar refractivity (Wildman–Crippen MR) is 101 cm³/mol. The van der Waals surface area contributed by atoms with Gasteiger partial charge in [0.2, 0.25) is 0 Å². The van der Waals surface area contributed by atoms with Crippen LogP contribution in [0, 0.1) is 11.3 Å². The Morgan fingerprint density at radius 2 is 1.30 bits per heavy atom. The number of esters is 1. The predicted octanol–water partition coefficient (Wildman–Crippen LogP) is 4.46. The molecule has 0 saturated carbocycles. The molecule has 3 rings (SSSR count). The molecule has 0 N–H and O–H groups in total. The summed E-state index contributed by atoms with van der Waals surface area (Å²) in [6.45, 7) is 0. The number of hydrogen-bond donors (Lipinski definition) is 0. The van der Waals surface area contributed by atoms with Gasteiger partial charge < -0.3 is 14.2 Å². The zero-order chi connectivity index (χ0) is 19.2. The van der Waals surface area contributed by atoms with E-state index in [0.29, 0.717) is 28.4 Å². The normalized spacial score (nSPS) is 9.96. The van der Waals surface area contributed by atoms with Crippen LogP contribution < -0.4 is 14.2 Å². The molecule has 0 bridgehead atoms. The Morgan fingerprint density at radius 3 is 1.78 bits per heavy atom. The molecular weight excluding hydrogens is 342 g/mol. The standard InChI is InChI=1S/C22H17NO4/c1-25-20-11-18(12-21(13-20)26-2)22(24)27-19-9-7-17(8-10-19)16-5-3-15(14-23)4-6-16/h3-13H,1-2H3. The molecule has 0 aliphatic heterocycles. The van der Waals surface area contributed by atoms with E-state index in [2.05, 4.69) is 6.07 Å². The molecular formula is C22H17NO4. The maximum atomic E-state index is 12.4. The van der Waals surface area contributed by atoms with Gasteiger partial charge >= 0.3 is 5.97 Å². The first-order valence-electron chi connectivity index (χ1n) is 8.19. The molecule has 0 aliphatic carbocycles. The molecule has 3 aromatic rings. The van der Waals surface area contributed by atoms with Gasteiger partial charge in [0.25, 0.3) is 0 Å². The van der Waals surface area contributed by atoms with E-state index < -0.39 is 5.97 Å². The van der Waals surface area contributed by atoms with E-state index in [4.69, 9.17) is 19.5 Å².